The molecule has 1 aromatic rings. The first-order valence-electron chi connectivity index (χ1n) is 7.16. The predicted octanol–water partition coefficient (Wildman–Crippen LogP) is 2.65. The summed E-state index contributed by atoms with van der Waals surface area (Å²) >= 11 is 0. The minimum absolute atomic E-state index is 0.254. The SMILES string of the molecule is COc1ccc(CCC(=O)N2CCCC2C)cc1OC. The van der Waals surface area contributed by atoms with Crippen molar-refractivity contribution in [3.63, 3.8) is 0 Å². The molecule has 0 bridgehead atoms. The van der Waals surface area contributed by atoms with Crippen molar-refractivity contribution in [2.24, 2.45) is 0 Å². The lowest BCUT2D eigenvalue weighted by molar-refractivity contribution is -0.131. The van der Waals surface area contributed by atoms with Crippen LogP contribution in [0.3, 0.4) is 0 Å². The van der Waals surface area contributed by atoms with E-state index in [4.69, 9.17) is 9.47 Å². The van der Waals surface area contributed by atoms with Gasteiger partial charge < -0.3 is 14.4 Å². The van der Waals surface area contributed by atoms with Gasteiger partial charge in [0.25, 0.3) is 0 Å². The van der Waals surface area contributed by atoms with Gasteiger partial charge in [0, 0.05) is 19.0 Å². The molecule has 0 aliphatic carbocycles. The van der Waals surface area contributed by atoms with Gasteiger partial charge in [-0.15, -0.1) is 0 Å². The second-order valence-electron chi connectivity index (χ2n) is 5.27. The molecule has 1 unspecified atom stereocenters. The molecule has 1 amide bonds. The van der Waals surface area contributed by atoms with Crippen LogP contribution < -0.4 is 9.47 Å². The standard InChI is InChI=1S/C16H23NO3/c1-12-5-4-10-17(12)16(18)9-7-13-6-8-14(19-2)15(11-13)20-3/h6,8,11-12H,4-5,7,9-10H2,1-3H3. The molecule has 1 aromatic carbocycles. The fourth-order valence-corrected chi connectivity index (χ4v) is 2.73. The Morgan fingerprint density at radius 1 is 1.30 bits per heavy atom. The number of benzene rings is 1. The Bertz CT molecular complexity index is 473. The third-order valence-corrected chi connectivity index (χ3v) is 3.95. The van der Waals surface area contributed by atoms with E-state index in [0.29, 0.717) is 18.2 Å². The van der Waals surface area contributed by atoms with E-state index < -0.39 is 0 Å². The van der Waals surface area contributed by atoms with Crippen molar-refractivity contribution >= 4 is 5.91 Å². The number of carbonyl (C=O) groups is 1. The molecule has 20 heavy (non-hydrogen) atoms. The summed E-state index contributed by atoms with van der Waals surface area (Å²) in [7, 11) is 3.24. The van der Waals surface area contributed by atoms with E-state index in [1.807, 2.05) is 23.1 Å². The molecule has 0 aromatic heterocycles. The molecular formula is C16H23NO3. The Kier molecular flexibility index (Phi) is 4.88. The Hall–Kier alpha value is -1.71. The highest BCUT2D eigenvalue weighted by Crippen LogP contribution is 2.28. The molecule has 4 heteroatoms. The molecule has 1 aliphatic heterocycles. The van der Waals surface area contributed by atoms with Crippen molar-refractivity contribution in [3.8, 4) is 11.5 Å². The number of nitrogens with zero attached hydrogens (tertiary/aromatic N) is 1. The lowest BCUT2D eigenvalue weighted by atomic mass is 10.1. The highest BCUT2D eigenvalue weighted by Gasteiger charge is 2.24. The first kappa shape index (κ1) is 14.7. The van der Waals surface area contributed by atoms with Crippen molar-refractivity contribution in [3.05, 3.63) is 23.8 Å². The van der Waals surface area contributed by atoms with Crippen LogP contribution in [0.4, 0.5) is 0 Å². The predicted molar refractivity (Wildman–Crippen MR) is 78.3 cm³/mol. The molecule has 0 saturated carbocycles. The van der Waals surface area contributed by atoms with Gasteiger partial charge in [0.05, 0.1) is 14.2 Å². The zero-order chi connectivity index (χ0) is 14.5. The van der Waals surface area contributed by atoms with Gasteiger partial charge in [0.2, 0.25) is 5.91 Å². The largest absolute Gasteiger partial charge is 0.493 e. The van der Waals surface area contributed by atoms with Crippen LogP contribution in [-0.4, -0.2) is 37.6 Å². The number of hydrogen-bond donors (Lipinski definition) is 0. The lowest BCUT2D eigenvalue weighted by Crippen LogP contribution is -2.33. The Morgan fingerprint density at radius 3 is 2.65 bits per heavy atom. The second kappa shape index (κ2) is 6.64. The molecule has 2 rings (SSSR count). The fourth-order valence-electron chi connectivity index (χ4n) is 2.73. The fraction of sp³-hybridized carbons (Fsp3) is 0.562. The maximum Gasteiger partial charge on any atom is 0.223 e. The minimum atomic E-state index is 0.254. The molecular weight excluding hydrogens is 254 g/mol. The van der Waals surface area contributed by atoms with Gasteiger partial charge in [-0.1, -0.05) is 6.07 Å². The molecule has 0 radical (unpaired) electrons. The van der Waals surface area contributed by atoms with Crippen LogP contribution in [0.5, 0.6) is 11.5 Å². The zero-order valence-corrected chi connectivity index (χ0v) is 12.5. The van der Waals surface area contributed by atoms with E-state index in [1.165, 1.54) is 0 Å². The van der Waals surface area contributed by atoms with E-state index in [9.17, 15) is 4.79 Å². The summed E-state index contributed by atoms with van der Waals surface area (Å²) in [5.74, 6) is 1.69. The Balaban J connectivity index is 1.95. The van der Waals surface area contributed by atoms with E-state index in [-0.39, 0.29) is 5.91 Å². The van der Waals surface area contributed by atoms with Gasteiger partial charge in [-0.05, 0) is 43.9 Å². The summed E-state index contributed by atoms with van der Waals surface area (Å²) in [5, 5.41) is 0. The summed E-state index contributed by atoms with van der Waals surface area (Å²) in [5.41, 5.74) is 1.10. The van der Waals surface area contributed by atoms with Crippen LogP contribution in [0.15, 0.2) is 18.2 Å². The zero-order valence-electron chi connectivity index (χ0n) is 12.5. The average Bonchev–Trinajstić information content (AvgIpc) is 2.90. The smallest absolute Gasteiger partial charge is 0.223 e. The molecule has 1 heterocycles. The lowest BCUT2D eigenvalue weighted by Gasteiger charge is -2.21. The van der Waals surface area contributed by atoms with Crippen molar-refractivity contribution in [1.29, 1.82) is 0 Å². The van der Waals surface area contributed by atoms with Crippen LogP contribution in [-0.2, 0) is 11.2 Å². The van der Waals surface area contributed by atoms with Crippen LogP contribution in [0.25, 0.3) is 0 Å². The van der Waals surface area contributed by atoms with Crippen LogP contribution in [0.2, 0.25) is 0 Å². The monoisotopic (exact) mass is 277 g/mol. The number of methoxy groups -OCH3 is 2. The van der Waals surface area contributed by atoms with Gasteiger partial charge >= 0.3 is 0 Å². The molecule has 110 valence electrons. The Labute approximate surface area is 120 Å². The quantitative estimate of drug-likeness (QED) is 0.830. The molecule has 4 nitrogen and oxygen atoms in total. The van der Waals surface area contributed by atoms with Crippen molar-refractivity contribution in [2.75, 3.05) is 20.8 Å². The van der Waals surface area contributed by atoms with Gasteiger partial charge in [0.15, 0.2) is 11.5 Å². The molecule has 0 N–H and O–H groups in total. The maximum atomic E-state index is 12.2. The summed E-state index contributed by atoms with van der Waals surface area (Å²) in [4.78, 5) is 14.2. The maximum absolute atomic E-state index is 12.2. The van der Waals surface area contributed by atoms with Gasteiger partial charge in [-0.25, -0.2) is 0 Å². The van der Waals surface area contributed by atoms with E-state index in [1.54, 1.807) is 14.2 Å². The van der Waals surface area contributed by atoms with E-state index in [2.05, 4.69) is 6.92 Å². The van der Waals surface area contributed by atoms with Crippen LogP contribution in [0, 0.1) is 0 Å². The summed E-state index contributed by atoms with van der Waals surface area (Å²) in [6.07, 6.45) is 3.55. The highest BCUT2D eigenvalue weighted by atomic mass is 16.5. The van der Waals surface area contributed by atoms with E-state index in [0.717, 1.165) is 37.1 Å². The molecule has 1 fully saturated rings. The first-order chi connectivity index (χ1) is 9.65. The minimum Gasteiger partial charge on any atom is -0.493 e. The number of carbonyl (C=O) groups excluding carboxylic acids is 1. The summed E-state index contributed by atoms with van der Waals surface area (Å²) < 4.78 is 10.5. The van der Waals surface area contributed by atoms with Gasteiger partial charge in [0.1, 0.15) is 0 Å². The van der Waals surface area contributed by atoms with Crippen molar-refractivity contribution in [2.45, 2.75) is 38.6 Å². The topological polar surface area (TPSA) is 38.8 Å². The number of likely N-dealkylation sites (tertiary alicyclic amines) is 1. The van der Waals surface area contributed by atoms with Crippen molar-refractivity contribution in [1.82, 2.24) is 4.90 Å². The Morgan fingerprint density at radius 2 is 2.05 bits per heavy atom. The van der Waals surface area contributed by atoms with Crippen LogP contribution in [0.1, 0.15) is 31.7 Å². The van der Waals surface area contributed by atoms with Gasteiger partial charge in [-0.3, -0.25) is 4.79 Å². The van der Waals surface area contributed by atoms with Crippen molar-refractivity contribution < 1.29 is 14.3 Å². The third kappa shape index (κ3) is 3.24. The number of amides is 1. The normalized spacial score (nSPS) is 18.1. The molecule has 1 atom stereocenters. The molecule has 1 aliphatic rings. The second-order valence-corrected chi connectivity index (χ2v) is 5.27. The third-order valence-electron chi connectivity index (χ3n) is 3.95. The number of aryl methyl sites for hydroxylation is 1. The molecule has 0 spiro atoms. The number of ether oxygens (including phenoxy) is 2. The highest BCUT2D eigenvalue weighted by molar-refractivity contribution is 5.77. The average molecular weight is 277 g/mol. The summed E-state index contributed by atoms with van der Waals surface area (Å²) in [6.45, 7) is 3.03. The molecule has 1 saturated heterocycles. The number of rotatable bonds is 5. The first-order valence-corrected chi connectivity index (χ1v) is 7.16. The summed E-state index contributed by atoms with van der Waals surface area (Å²) in [6, 6.07) is 6.21. The van der Waals surface area contributed by atoms with Crippen LogP contribution >= 0.6 is 0 Å². The van der Waals surface area contributed by atoms with E-state index >= 15 is 0 Å². The van der Waals surface area contributed by atoms with Gasteiger partial charge in [-0.2, -0.15) is 0 Å². The number of hydrogen-bond acceptors (Lipinski definition) is 3.